The van der Waals surface area contributed by atoms with Crippen LogP contribution in [0.15, 0.2) is 52.5 Å². The molecule has 0 aliphatic heterocycles. The van der Waals surface area contributed by atoms with Crippen molar-refractivity contribution in [2.24, 2.45) is 16.6 Å². The molecule has 0 aromatic carbocycles. The molecule has 0 aliphatic rings. The predicted octanol–water partition coefficient (Wildman–Crippen LogP) is 3.46. The monoisotopic (exact) mass is 222 g/mol. The Morgan fingerprint density at radius 1 is 1.40 bits per heavy atom. The van der Waals surface area contributed by atoms with Gasteiger partial charge in [-0.3, -0.25) is 0 Å². The van der Waals surface area contributed by atoms with E-state index in [-0.39, 0.29) is 0 Å². The Bertz CT molecular complexity index is 312. The molecule has 0 rings (SSSR count). The summed E-state index contributed by atoms with van der Waals surface area (Å²) in [6.45, 7) is 15.1. The second kappa shape index (κ2) is 7.12. The average molecular weight is 222 g/mol. The van der Waals surface area contributed by atoms with E-state index in [2.05, 4.69) is 38.6 Å². The zero-order valence-electron chi connectivity index (χ0n) is 9.36. The number of allylic oxidation sites excluding steroid dienone is 2. The van der Waals surface area contributed by atoms with Gasteiger partial charge in [0.15, 0.2) is 0 Å². The van der Waals surface area contributed by atoms with Crippen molar-refractivity contribution in [3.05, 3.63) is 47.5 Å². The van der Waals surface area contributed by atoms with Crippen LogP contribution < -0.4 is 5.73 Å². The summed E-state index contributed by atoms with van der Waals surface area (Å²) in [4.78, 5) is 4.20. The molecule has 0 amide bonds. The molecule has 0 aromatic heterocycles. The SMILES string of the molecule is C=CSC(=C)/N=C\C(=C/C(=C)N)C(C)C. The van der Waals surface area contributed by atoms with Gasteiger partial charge in [0, 0.05) is 11.9 Å². The number of aliphatic imine (C=N–C) groups is 1. The molecule has 2 N–H and O–H groups in total. The van der Waals surface area contributed by atoms with Crippen LogP contribution in [0.1, 0.15) is 13.8 Å². The Morgan fingerprint density at radius 3 is 2.40 bits per heavy atom. The van der Waals surface area contributed by atoms with E-state index in [0.29, 0.717) is 16.6 Å². The maximum Gasteiger partial charge on any atom is 0.0929 e. The lowest BCUT2D eigenvalue weighted by Gasteiger charge is -2.05. The second-order valence-corrected chi connectivity index (χ2v) is 4.35. The van der Waals surface area contributed by atoms with Crippen LogP contribution in [-0.4, -0.2) is 6.21 Å². The zero-order valence-corrected chi connectivity index (χ0v) is 10.2. The van der Waals surface area contributed by atoms with E-state index in [1.165, 1.54) is 11.8 Å². The Kier molecular flexibility index (Phi) is 6.54. The molecule has 0 fully saturated rings. The van der Waals surface area contributed by atoms with Crippen molar-refractivity contribution >= 4 is 18.0 Å². The predicted molar refractivity (Wildman–Crippen MR) is 71.7 cm³/mol. The first-order valence-corrected chi connectivity index (χ1v) is 5.51. The fraction of sp³-hybridized carbons (Fsp3) is 0.250. The van der Waals surface area contributed by atoms with Gasteiger partial charge < -0.3 is 5.73 Å². The van der Waals surface area contributed by atoms with Crippen molar-refractivity contribution in [2.45, 2.75) is 13.8 Å². The summed E-state index contributed by atoms with van der Waals surface area (Å²) < 4.78 is 0. The highest BCUT2D eigenvalue weighted by Crippen LogP contribution is 2.16. The zero-order chi connectivity index (χ0) is 11.8. The van der Waals surface area contributed by atoms with Gasteiger partial charge in [0.05, 0.1) is 5.03 Å². The fourth-order valence-electron chi connectivity index (χ4n) is 0.840. The molecule has 0 aliphatic carbocycles. The van der Waals surface area contributed by atoms with Gasteiger partial charge in [-0.15, -0.1) is 0 Å². The summed E-state index contributed by atoms with van der Waals surface area (Å²) in [5.41, 5.74) is 7.09. The first-order valence-electron chi connectivity index (χ1n) is 4.64. The van der Waals surface area contributed by atoms with Crippen LogP contribution in [0.2, 0.25) is 0 Å². The standard InChI is InChI=1S/C12H18N2S/c1-6-15-11(5)14-8-12(9(2)3)7-10(4)13/h6-9H,1,4-5,13H2,2-3H3/b12-7+,14-8-. The van der Waals surface area contributed by atoms with Crippen molar-refractivity contribution in [3.8, 4) is 0 Å². The van der Waals surface area contributed by atoms with Gasteiger partial charge in [0.2, 0.25) is 0 Å². The molecule has 0 radical (unpaired) electrons. The third-order valence-electron chi connectivity index (χ3n) is 1.60. The molecular formula is C12H18N2S. The first kappa shape index (κ1) is 13.8. The van der Waals surface area contributed by atoms with E-state index >= 15 is 0 Å². The van der Waals surface area contributed by atoms with Crippen LogP contribution in [-0.2, 0) is 0 Å². The molecule has 0 saturated carbocycles. The smallest absolute Gasteiger partial charge is 0.0929 e. The maximum atomic E-state index is 5.52. The van der Waals surface area contributed by atoms with Crippen molar-refractivity contribution in [1.29, 1.82) is 0 Å². The van der Waals surface area contributed by atoms with E-state index < -0.39 is 0 Å². The molecule has 0 heterocycles. The lowest BCUT2D eigenvalue weighted by atomic mass is 10.0. The van der Waals surface area contributed by atoms with E-state index in [9.17, 15) is 0 Å². The van der Waals surface area contributed by atoms with Crippen LogP contribution in [0.5, 0.6) is 0 Å². The van der Waals surface area contributed by atoms with Crippen molar-refractivity contribution < 1.29 is 0 Å². The molecule has 0 spiro atoms. The van der Waals surface area contributed by atoms with Crippen molar-refractivity contribution in [1.82, 2.24) is 0 Å². The molecule has 15 heavy (non-hydrogen) atoms. The minimum atomic E-state index is 0.357. The van der Waals surface area contributed by atoms with E-state index in [1.807, 2.05) is 6.08 Å². The maximum absolute atomic E-state index is 5.52. The molecule has 0 bridgehead atoms. The molecule has 2 nitrogen and oxygen atoms in total. The van der Waals surface area contributed by atoms with Crippen LogP contribution in [0.25, 0.3) is 0 Å². The largest absolute Gasteiger partial charge is 0.399 e. The van der Waals surface area contributed by atoms with Gasteiger partial charge in [0.25, 0.3) is 0 Å². The van der Waals surface area contributed by atoms with Gasteiger partial charge in [-0.25, -0.2) is 4.99 Å². The Balaban J connectivity index is 4.62. The highest BCUT2D eigenvalue weighted by atomic mass is 32.2. The first-order chi connectivity index (χ1) is 6.97. The van der Waals surface area contributed by atoms with E-state index in [4.69, 9.17) is 5.73 Å². The van der Waals surface area contributed by atoms with Gasteiger partial charge in [-0.2, -0.15) is 0 Å². The Labute approximate surface area is 96.4 Å². The number of rotatable bonds is 6. The van der Waals surface area contributed by atoms with Gasteiger partial charge in [-0.1, -0.05) is 45.3 Å². The lowest BCUT2D eigenvalue weighted by molar-refractivity contribution is 0.805. The van der Waals surface area contributed by atoms with Gasteiger partial charge in [0.1, 0.15) is 0 Å². The molecule has 0 aromatic rings. The summed E-state index contributed by atoms with van der Waals surface area (Å²) in [6, 6.07) is 0. The summed E-state index contributed by atoms with van der Waals surface area (Å²) in [7, 11) is 0. The van der Waals surface area contributed by atoms with Gasteiger partial charge in [-0.05, 0) is 23.0 Å². The van der Waals surface area contributed by atoms with E-state index in [0.717, 1.165) is 5.57 Å². The summed E-state index contributed by atoms with van der Waals surface area (Å²) in [5.74, 6) is 0.357. The Morgan fingerprint density at radius 2 is 2.00 bits per heavy atom. The minimum Gasteiger partial charge on any atom is -0.399 e. The number of hydrogen-bond acceptors (Lipinski definition) is 3. The summed E-state index contributed by atoms with van der Waals surface area (Å²) in [5, 5.41) is 2.40. The minimum absolute atomic E-state index is 0.357. The Hall–Kier alpha value is -1.22. The van der Waals surface area contributed by atoms with Crippen LogP contribution in [0, 0.1) is 5.92 Å². The molecule has 0 unspecified atom stereocenters. The lowest BCUT2D eigenvalue weighted by Crippen LogP contribution is -1.99. The number of nitrogens with zero attached hydrogens (tertiary/aromatic N) is 1. The van der Waals surface area contributed by atoms with Crippen LogP contribution in [0.4, 0.5) is 0 Å². The number of hydrogen-bond donors (Lipinski definition) is 1. The van der Waals surface area contributed by atoms with Crippen molar-refractivity contribution in [3.63, 3.8) is 0 Å². The van der Waals surface area contributed by atoms with E-state index in [1.54, 1.807) is 11.6 Å². The fourth-order valence-corrected chi connectivity index (χ4v) is 1.15. The molecule has 0 atom stereocenters. The normalized spacial score (nSPS) is 12.1. The number of thioether (sulfide) groups is 1. The number of nitrogens with two attached hydrogens (primary N) is 1. The quantitative estimate of drug-likeness (QED) is 0.552. The van der Waals surface area contributed by atoms with Gasteiger partial charge >= 0.3 is 0 Å². The molecule has 3 heteroatoms. The molecule has 0 saturated heterocycles. The molecule has 82 valence electrons. The summed E-state index contributed by atoms with van der Waals surface area (Å²) >= 11 is 1.39. The highest BCUT2D eigenvalue weighted by Gasteiger charge is 2.00. The van der Waals surface area contributed by atoms with Crippen LogP contribution >= 0.6 is 11.8 Å². The van der Waals surface area contributed by atoms with Crippen LogP contribution in [0.3, 0.4) is 0 Å². The third-order valence-corrected chi connectivity index (χ3v) is 2.14. The summed E-state index contributed by atoms with van der Waals surface area (Å²) in [6.07, 6.45) is 3.58. The topological polar surface area (TPSA) is 38.4 Å². The second-order valence-electron chi connectivity index (χ2n) is 3.31. The van der Waals surface area contributed by atoms with Crippen molar-refractivity contribution in [2.75, 3.05) is 0 Å². The average Bonchev–Trinajstić information content (AvgIpc) is 2.11. The third kappa shape index (κ3) is 6.80. The highest BCUT2D eigenvalue weighted by molar-refractivity contribution is 8.05. The molecular weight excluding hydrogens is 204 g/mol.